The zero-order valence-electron chi connectivity index (χ0n) is 12.8. The SMILES string of the molecule is CC1CCC(C(C)C)C(NCc2cccc(O)c2O)C1. The molecule has 1 aliphatic rings. The molecule has 112 valence electrons. The Bertz CT molecular complexity index is 445. The highest BCUT2D eigenvalue weighted by Crippen LogP contribution is 2.34. The zero-order chi connectivity index (χ0) is 14.7. The molecule has 0 radical (unpaired) electrons. The Hall–Kier alpha value is -1.22. The summed E-state index contributed by atoms with van der Waals surface area (Å²) in [6.07, 6.45) is 3.79. The van der Waals surface area contributed by atoms with Crippen LogP contribution in [0.5, 0.6) is 11.5 Å². The number of phenolic OH excluding ortho intramolecular Hbond substituents is 2. The van der Waals surface area contributed by atoms with Gasteiger partial charge in [0.25, 0.3) is 0 Å². The van der Waals surface area contributed by atoms with Crippen molar-refractivity contribution in [2.75, 3.05) is 0 Å². The first-order valence-corrected chi connectivity index (χ1v) is 7.72. The van der Waals surface area contributed by atoms with Gasteiger partial charge in [-0.2, -0.15) is 0 Å². The molecular formula is C17H27NO2. The van der Waals surface area contributed by atoms with E-state index in [1.165, 1.54) is 25.3 Å². The highest BCUT2D eigenvalue weighted by atomic mass is 16.3. The molecule has 1 aromatic rings. The third kappa shape index (κ3) is 3.45. The Kier molecular flexibility index (Phi) is 4.92. The number of benzene rings is 1. The second kappa shape index (κ2) is 6.49. The molecule has 3 nitrogen and oxygen atoms in total. The van der Waals surface area contributed by atoms with E-state index in [0.29, 0.717) is 24.4 Å². The molecule has 0 heterocycles. The maximum Gasteiger partial charge on any atom is 0.161 e. The van der Waals surface area contributed by atoms with Crippen LogP contribution in [-0.4, -0.2) is 16.3 Å². The van der Waals surface area contributed by atoms with E-state index in [0.717, 1.165) is 11.5 Å². The average molecular weight is 277 g/mol. The minimum Gasteiger partial charge on any atom is -0.504 e. The van der Waals surface area contributed by atoms with Gasteiger partial charge < -0.3 is 15.5 Å². The Morgan fingerprint density at radius 1 is 1.25 bits per heavy atom. The molecule has 2 rings (SSSR count). The molecule has 0 spiro atoms. The lowest BCUT2D eigenvalue weighted by Gasteiger charge is -2.38. The standard InChI is InChI=1S/C17H27NO2/c1-11(2)14-8-7-12(3)9-15(14)18-10-13-5-4-6-16(19)17(13)20/h4-6,11-12,14-15,18-20H,7-10H2,1-3H3. The molecule has 1 fully saturated rings. The highest BCUT2D eigenvalue weighted by Gasteiger charge is 2.30. The fourth-order valence-electron chi connectivity index (χ4n) is 3.40. The van der Waals surface area contributed by atoms with Gasteiger partial charge in [0, 0.05) is 18.2 Å². The van der Waals surface area contributed by atoms with E-state index in [4.69, 9.17) is 0 Å². The van der Waals surface area contributed by atoms with E-state index < -0.39 is 0 Å². The number of nitrogens with one attached hydrogen (secondary N) is 1. The van der Waals surface area contributed by atoms with Crippen molar-refractivity contribution in [3.8, 4) is 11.5 Å². The normalized spacial score (nSPS) is 26.9. The first-order valence-electron chi connectivity index (χ1n) is 7.72. The van der Waals surface area contributed by atoms with Gasteiger partial charge in [-0.15, -0.1) is 0 Å². The van der Waals surface area contributed by atoms with Gasteiger partial charge in [-0.25, -0.2) is 0 Å². The Morgan fingerprint density at radius 2 is 2.00 bits per heavy atom. The molecule has 3 atom stereocenters. The van der Waals surface area contributed by atoms with E-state index in [-0.39, 0.29) is 11.5 Å². The molecule has 3 heteroatoms. The molecule has 0 amide bonds. The molecule has 3 N–H and O–H groups in total. The van der Waals surface area contributed by atoms with Gasteiger partial charge in [-0.1, -0.05) is 39.3 Å². The molecule has 0 bridgehead atoms. The lowest BCUT2D eigenvalue weighted by atomic mass is 9.74. The lowest BCUT2D eigenvalue weighted by molar-refractivity contribution is 0.169. The van der Waals surface area contributed by atoms with E-state index >= 15 is 0 Å². The summed E-state index contributed by atoms with van der Waals surface area (Å²) < 4.78 is 0. The molecule has 0 aromatic heterocycles. The molecule has 1 aliphatic carbocycles. The van der Waals surface area contributed by atoms with E-state index in [1.54, 1.807) is 6.07 Å². The molecule has 0 aliphatic heterocycles. The van der Waals surface area contributed by atoms with Gasteiger partial charge >= 0.3 is 0 Å². The predicted molar refractivity (Wildman–Crippen MR) is 81.7 cm³/mol. The van der Waals surface area contributed by atoms with Crippen LogP contribution in [0, 0.1) is 17.8 Å². The third-order valence-electron chi connectivity index (χ3n) is 4.68. The summed E-state index contributed by atoms with van der Waals surface area (Å²) in [6.45, 7) is 7.51. The average Bonchev–Trinajstić information content (AvgIpc) is 2.40. The summed E-state index contributed by atoms with van der Waals surface area (Å²) in [7, 11) is 0. The number of hydrogen-bond acceptors (Lipinski definition) is 3. The first kappa shape index (κ1) is 15.2. The Balaban J connectivity index is 2.02. The van der Waals surface area contributed by atoms with Crippen LogP contribution in [0.1, 0.15) is 45.6 Å². The van der Waals surface area contributed by atoms with E-state index in [1.807, 2.05) is 6.07 Å². The second-order valence-corrected chi connectivity index (χ2v) is 6.60. The Labute approximate surface area is 122 Å². The van der Waals surface area contributed by atoms with Crippen molar-refractivity contribution < 1.29 is 10.2 Å². The summed E-state index contributed by atoms with van der Waals surface area (Å²) in [5.41, 5.74) is 0.769. The lowest BCUT2D eigenvalue weighted by Crippen LogP contribution is -2.42. The molecule has 1 saturated carbocycles. The van der Waals surface area contributed by atoms with Crippen molar-refractivity contribution in [1.29, 1.82) is 0 Å². The predicted octanol–water partition coefficient (Wildman–Crippen LogP) is 3.65. The number of hydrogen-bond donors (Lipinski definition) is 3. The van der Waals surface area contributed by atoms with Crippen LogP contribution in [-0.2, 0) is 6.54 Å². The van der Waals surface area contributed by atoms with Crippen LogP contribution in [0.15, 0.2) is 18.2 Å². The van der Waals surface area contributed by atoms with Gasteiger partial charge in [0.1, 0.15) is 0 Å². The monoisotopic (exact) mass is 277 g/mol. The fourth-order valence-corrected chi connectivity index (χ4v) is 3.40. The quantitative estimate of drug-likeness (QED) is 0.736. The van der Waals surface area contributed by atoms with Crippen molar-refractivity contribution >= 4 is 0 Å². The minimum atomic E-state index is -0.0401. The number of rotatable bonds is 4. The third-order valence-corrected chi connectivity index (χ3v) is 4.68. The van der Waals surface area contributed by atoms with E-state index in [2.05, 4.69) is 26.1 Å². The van der Waals surface area contributed by atoms with Gasteiger partial charge in [-0.3, -0.25) is 0 Å². The summed E-state index contributed by atoms with van der Waals surface area (Å²) >= 11 is 0. The van der Waals surface area contributed by atoms with Crippen molar-refractivity contribution in [1.82, 2.24) is 5.32 Å². The second-order valence-electron chi connectivity index (χ2n) is 6.60. The van der Waals surface area contributed by atoms with Gasteiger partial charge in [0.05, 0.1) is 0 Å². The summed E-state index contributed by atoms with van der Waals surface area (Å²) in [5, 5.41) is 23.0. The van der Waals surface area contributed by atoms with Crippen LogP contribution < -0.4 is 5.32 Å². The van der Waals surface area contributed by atoms with Crippen molar-refractivity contribution in [3.05, 3.63) is 23.8 Å². The minimum absolute atomic E-state index is 0.00459. The highest BCUT2D eigenvalue weighted by molar-refractivity contribution is 5.44. The van der Waals surface area contributed by atoms with Gasteiger partial charge in [0.15, 0.2) is 11.5 Å². The molecule has 3 unspecified atom stereocenters. The fraction of sp³-hybridized carbons (Fsp3) is 0.647. The van der Waals surface area contributed by atoms with Crippen LogP contribution >= 0.6 is 0 Å². The topological polar surface area (TPSA) is 52.5 Å². The number of para-hydroxylation sites is 1. The van der Waals surface area contributed by atoms with Crippen molar-refractivity contribution in [2.24, 2.45) is 17.8 Å². The van der Waals surface area contributed by atoms with Crippen LogP contribution in [0.4, 0.5) is 0 Å². The van der Waals surface area contributed by atoms with Crippen molar-refractivity contribution in [3.63, 3.8) is 0 Å². The molecule has 1 aromatic carbocycles. The van der Waals surface area contributed by atoms with Crippen LogP contribution in [0.2, 0.25) is 0 Å². The Morgan fingerprint density at radius 3 is 2.70 bits per heavy atom. The molecular weight excluding hydrogens is 250 g/mol. The van der Waals surface area contributed by atoms with Crippen LogP contribution in [0.25, 0.3) is 0 Å². The zero-order valence-corrected chi connectivity index (χ0v) is 12.8. The molecule has 20 heavy (non-hydrogen) atoms. The number of aromatic hydroxyl groups is 2. The summed E-state index contributed by atoms with van der Waals surface area (Å²) in [5.74, 6) is 2.11. The first-order chi connectivity index (χ1) is 9.49. The maximum atomic E-state index is 9.86. The number of phenols is 2. The molecule has 0 saturated heterocycles. The smallest absolute Gasteiger partial charge is 0.161 e. The van der Waals surface area contributed by atoms with Crippen LogP contribution in [0.3, 0.4) is 0 Å². The van der Waals surface area contributed by atoms with E-state index in [9.17, 15) is 10.2 Å². The van der Waals surface area contributed by atoms with Gasteiger partial charge in [-0.05, 0) is 36.7 Å². The summed E-state index contributed by atoms with van der Waals surface area (Å²) in [4.78, 5) is 0. The summed E-state index contributed by atoms with van der Waals surface area (Å²) in [6, 6.07) is 5.65. The largest absolute Gasteiger partial charge is 0.504 e. The van der Waals surface area contributed by atoms with Gasteiger partial charge in [0.2, 0.25) is 0 Å². The van der Waals surface area contributed by atoms with Crippen molar-refractivity contribution in [2.45, 2.75) is 52.6 Å². The maximum absolute atomic E-state index is 9.86.